The molecule has 132 valence electrons. The van der Waals surface area contributed by atoms with Crippen LogP contribution < -0.4 is 30.6 Å². The molecule has 3 aromatic rings. The van der Waals surface area contributed by atoms with E-state index in [1.54, 1.807) is 0 Å². The van der Waals surface area contributed by atoms with Crippen molar-refractivity contribution in [2.75, 3.05) is 0 Å². The van der Waals surface area contributed by atoms with Crippen molar-refractivity contribution < 1.29 is 14.2 Å². The predicted octanol–water partition coefficient (Wildman–Crippen LogP) is 4.09. The molecule has 3 aromatic carbocycles. The van der Waals surface area contributed by atoms with Crippen LogP contribution in [0.15, 0.2) is 36.4 Å². The predicted molar refractivity (Wildman–Crippen MR) is 108 cm³/mol. The van der Waals surface area contributed by atoms with Gasteiger partial charge in [-0.1, -0.05) is 19.4 Å². The first-order valence-electron chi connectivity index (χ1n) is 9.63. The summed E-state index contributed by atoms with van der Waals surface area (Å²) in [6.07, 6.45) is 2.11. The van der Waals surface area contributed by atoms with Crippen LogP contribution in [-0.4, -0.2) is 6.71 Å². The van der Waals surface area contributed by atoms with E-state index in [2.05, 4.69) is 39.0 Å². The van der Waals surface area contributed by atoms with Gasteiger partial charge in [0.05, 0.1) is 0 Å². The maximum absolute atomic E-state index is 6.41. The van der Waals surface area contributed by atoms with Crippen molar-refractivity contribution in [1.29, 1.82) is 0 Å². The molecule has 3 nitrogen and oxygen atoms in total. The number of aryl methyl sites for hydroxylation is 2. The van der Waals surface area contributed by atoms with Gasteiger partial charge >= 0.3 is 0 Å². The number of benzene rings is 3. The fourth-order valence-electron chi connectivity index (χ4n) is 4.67. The van der Waals surface area contributed by atoms with Gasteiger partial charge in [-0.15, -0.1) is 0 Å². The molecule has 0 saturated heterocycles. The lowest BCUT2D eigenvalue weighted by Crippen LogP contribution is -2.60. The standard InChI is InChI=1S/C23H19BO3/c1-4-6-14-10-18-21-19(11-14)26-17-9-12(2)13(3)23-22(17)24(21)20-15(25-18)7-5-8-16(20)27-23/h5,7-11H,4,6H2,1-3H3. The van der Waals surface area contributed by atoms with Crippen molar-refractivity contribution in [2.45, 2.75) is 33.6 Å². The molecule has 4 heteroatoms. The van der Waals surface area contributed by atoms with Crippen LogP contribution in [0.5, 0.6) is 34.5 Å². The molecule has 3 heterocycles. The van der Waals surface area contributed by atoms with Gasteiger partial charge in [0.25, 0.3) is 6.71 Å². The molecule has 0 aromatic heterocycles. The molecule has 0 amide bonds. The Morgan fingerprint density at radius 3 is 2.15 bits per heavy atom. The van der Waals surface area contributed by atoms with Crippen LogP contribution in [0.2, 0.25) is 0 Å². The molecule has 0 atom stereocenters. The fourth-order valence-corrected chi connectivity index (χ4v) is 4.67. The van der Waals surface area contributed by atoms with Crippen molar-refractivity contribution in [3.63, 3.8) is 0 Å². The third kappa shape index (κ3) is 1.88. The lowest BCUT2D eigenvalue weighted by Gasteiger charge is -2.38. The molecule has 0 unspecified atom stereocenters. The molecule has 3 aliphatic rings. The molecule has 0 N–H and O–H groups in total. The van der Waals surface area contributed by atoms with E-state index in [9.17, 15) is 0 Å². The highest BCUT2D eigenvalue weighted by atomic mass is 16.5. The highest BCUT2D eigenvalue weighted by Crippen LogP contribution is 2.43. The van der Waals surface area contributed by atoms with E-state index < -0.39 is 0 Å². The van der Waals surface area contributed by atoms with Crippen molar-refractivity contribution in [1.82, 2.24) is 0 Å². The van der Waals surface area contributed by atoms with Crippen molar-refractivity contribution in [3.05, 3.63) is 53.1 Å². The largest absolute Gasteiger partial charge is 0.458 e. The van der Waals surface area contributed by atoms with Gasteiger partial charge in [-0.3, -0.25) is 0 Å². The van der Waals surface area contributed by atoms with Gasteiger partial charge in [0.15, 0.2) is 0 Å². The second-order valence-electron chi connectivity index (χ2n) is 7.72. The van der Waals surface area contributed by atoms with Crippen LogP contribution in [0.4, 0.5) is 0 Å². The summed E-state index contributed by atoms with van der Waals surface area (Å²) in [5.74, 6) is 5.47. The molecule has 0 bridgehead atoms. The Labute approximate surface area is 159 Å². The Balaban J connectivity index is 1.71. The van der Waals surface area contributed by atoms with Crippen LogP contribution in [0.3, 0.4) is 0 Å². The van der Waals surface area contributed by atoms with Crippen LogP contribution in [-0.2, 0) is 6.42 Å². The van der Waals surface area contributed by atoms with Crippen LogP contribution in [0, 0.1) is 13.8 Å². The van der Waals surface area contributed by atoms with E-state index in [0.29, 0.717) is 0 Å². The van der Waals surface area contributed by atoms with Gasteiger partial charge in [-0.05, 0) is 67.3 Å². The molecule has 27 heavy (non-hydrogen) atoms. The van der Waals surface area contributed by atoms with Crippen molar-refractivity contribution >= 4 is 23.1 Å². The topological polar surface area (TPSA) is 27.7 Å². The molecule has 6 rings (SSSR count). The van der Waals surface area contributed by atoms with Gasteiger partial charge in [0.2, 0.25) is 0 Å². The molecular weight excluding hydrogens is 335 g/mol. The SMILES string of the molecule is CCCc1cc2c3c(c1)Oc1cc(C)c(C)c4c1B3c1c(cccc1O4)O2. The van der Waals surface area contributed by atoms with Gasteiger partial charge < -0.3 is 14.2 Å². The third-order valence-electron chi connectivity index (χ3n) is 6.04. The number of hydrogen-bond acceptors (Lipinski definition) is 3. The summed E-state index contributed by atoms with van der Waals surface area (Å²) in [6.45, 7) is 6.54. The normalized spacial score (nSPS) is 14.1. The molecule has 0 fully saturated rings. The van der Waals surface area contributed by atoms with Crippen LogP contribution >= 0.6 is 0 Å². The smallest absolute Gasteiger partial charge is 0.270 e. The van der Waals surface area contributed by atoms with E-state index >= 15 is 0 Å². The summed E-state index contributed by atoms with van der Waals surface area (Å²) >= 11 is 0. The first-order valence-corrected chi connectivity index (χ1v) is 9.63. The first-order chi connectivity index (χ1) is 13.2. The quantitative estimate of drug-likeness (QED) is 0.439. The monoisotopic (exact) mass is 354 g/mol. The fraction of sp³-hybridized carbons (Fsp3) is 0.217. The number of hydrogen-bond donors (Lipinski definition) is 0. The van der Waals surface area contributed by atoms with Crippen LogP contribution in [0.1, 0.15) is 30.0 Å². The molecule has 0 saturated carbocycles. The minimum Gasteiger partial charge on any atom is -0.458 e. The molecule has 3 aliphatic heterocycles. The van der Waals surface area contributed by atoms with E-state index in [0.717, 1.165) is 63.7 Å². The first kappa shape index (κ1) is 15.2. The summed E-state index contributed by atoms with van der Waals surface area (Å²) in [4.78, 5) is 0. The summed E-state index contributed by atoms with van der Waals surface area (Å²) in [5.41, 5.74) is 7.00. The summed E-state index contributed by atoms with van der Waals surface area (Å²) in [5, 5.41) is 0. The lowest BCUT2D eigenvalue weighted by atomic mass is 9.33. The lowest BCUT2D eigenvalue weighted by molar-refractivity contribution is 0.440. The molecular formula is C23H19BO3. The Morgan fingerprint density at radius 2 is 1.41 bits per heavy atom. The average molecular weight is 354 g/mol. The second kappa shape index (κ2) is 5.10. The van der Waals surface area contributed by atoms with E-state index in [4.69, 9.17) is 14.2 Å². The zero-order valence-corrected chi connectivity index (χ0v) is 15.7. The van der Waals surface area contributed by atoms with Crippen LogP contribution in [0.25, 0.3) is 0 Å². The van der Waals surface area contributed by atoms with Crippen molar-refractivity contribution in [3.8, 4) is 34.5 Å². The highest BCUT2D eigenvalue weighted by Gasteiger charge is 2.47. The van der Waals surface area contributed by atoms with Crippen molar-refractivity contribution in [2.24, 2.45) is 0 Å². The molecule has 0 radical (unpaired) electrons. The Hall–Kier alpha value is -2.88. The van der Waals surface area contributed by atoms with Gasteiger partial charge in [-0.2, -0.15) is 0 Å². The minimum absolute atomic E-state index is 0.109. The Morgan fingerprint density at radius 1 is 0.778 bits per heavy atom. The van der Waals surface area contributed by atoms with Gasteiger partial charge in [0, 0.05) is 16.4 Å². The Bertz CT molecular complexity index is 1150. The maximum Gasteiger partial charge on any atom is 0.270 e. The number of ether oxygens (including phenoxy) is 3. The third-order valence-corrected chi connectivity index (χ3v) is 6.04. The van der Waals surface area contributed by atoms with Gasteiger partial charge in [0.1, 0.15) is 34.5 Å². The summed E-state index contributed by atoms with van der Waals surface area (Å²) < 4.78 is 19.1. The van der Waals surface area contributed by atoms with E-state index in [1.165, 1.54) is 16.7 Å². The maximum atomic E-state index is 6.41. The second-order valence-corrected chi connectivity index (χ2v) is 7.72. The zero-order chi connectivity index (χ0) is 18.3. The van der Waals surface area contributed by atoms with E-state index in [1.807, 2.05) is 18.2 Å². The molecule has 0 aliphatic carbocycles. The van der Waals surface area contributed by atoms with E-state index in [-0.39, 0.29) is 6.71 Å². The molecule has 0 spiro atoms. The summed E-state index contributed by atoms with van der Waals surface area (Å²) in [7, 11) is 0. The summed E-state index contributed by atoms with van der Waals surface area (Å²) in [6, 6.07) is 12.6. The number of rotatable bonds is 2. The minimum atomic E-state index is 0.109. The Kier molecular flexibility index (Phi) is 2.87. The van der Waals surface area contributed by atoms with Gasteiger partial charge in [-0.25, -0.2) is 0 Å². The highest BCUT2D eigenvalue weighted by molar-refractivity contribution is 6.99. The zero-order valence-electron chi connectivity index (χ0n) is 15.7. The average Bonchev–Trinajstić information content (AvgIpc) is 2.65.